The molecular weight excluding hydrogens is 369 g/mol. The average Bonchev–Trinajstić information content (AvgIpc) is 3.03. The molecule has 2 aromatic rings. The van der Waals surface area contributed by atoms with Crippen molar-refractivity contribution in [1.82, 2.24) is 19.9 Å². The number of aromatic amines is 1. The van der Waals surface area contributed by atoms with Gasteiger partial charge in [0.25, 0.3) is 0 Å². The number of halogens is 1. The lowest BCUT2D eigenvalue weighted by Crippen LogP contribution is -2.42. The van der Waals surface area contributed by atoms with E-state index in [1.54, 1.807) is 13.1 Å². The quantitative estimate of drug-likeness (QED) is 0.444. The fraction of sp³-hybridized carbons (Fsp3) is 0.500. The van der Waals surface area contributed by atoms with Gasteiger partial charge in [0.1, 0.15) is 5.82 Å². The Balaban J connectivity index is 1.83. The van der Waals surface area contributed by atoms with Crippen molar-refractivity contribution in [1.29, 1.82) is 0 Å². The second-order valence-electron chi connectivity index (χ2n) is 6.08. The molecule has 2 rings (SSSR count). The number of aromatic nitrogens is 1. The molecule has 0 fully saturated rings. The third-order valence-electron chi connectivity index (χ3n) is 4.39. The Kier molecular flexibility index (Phi) is 7.61. The van der Waals surface area contributed by atoms with Gasteiger partial charge in [-0.3, -0.25) is 4.99 Å². The van der Waals surface area contributed by atoms with Crippen LogP contribution in [0.4, 0.5) is 4.39 Å². The molecule has 1 aromatic heterocycles. The van der Waals surface area contributed by atoms with E-state index in [0.29, 0.717) is 32.0 Å². The number of nitrogens with one attached hydrogen (secondary N) is 3. The highest BCUT2D eigenvalue weighted by molar-refractivity contribution is 7.89. The van der Waals surface area contributed by atoms with Crippen LogP contribution in [-0.2, 0) is 16.4 Å². The lowest BCUT2D eigenvalue weighted by atomic mass is 10.1. The molecule has 0 radical (unpaired) electrons. The number of sulfonamides is 1. The van der Waals surface area contributed by atoms with Crippen LogP contribution in [0.5, 0.6) is 0 Å². The van der Waals surface area contributed by atoms with Crippen molar-refractivity contribution < 1.29 is 12.8 Å². The van der Waals surface area contributed by atoms with Crippen LogP contribution in [0.2, 0.25) is 0 Å². The van der Waals surface area contributed by atoms with Gasteiger partial charge >= 0.3 is 0 Å². The molecule has 0 aliphatic rings. The maximum atomic E-state index is 13.4. The molecule has 0 amide bonds. The summed E-state index contributed by atoms with van der Waals surface area (Å²) in [6, 6.07) is 4.67. The highest BCUT2D eigenvalue weighted by atomic mass is 32.2. The van der Waals surface area contributed by atoms with Gasteiger partial charge in [0, 0.05) is 50.3 Å². The van der Waals surface area contributed by atoms with Gasteiger partial charge in [-0.2, -0.15) is 0 Å². The van der Waals surface area contributed by atoms with Crippen LogP contribution in [0.3, 0.4) is 0 Å². The standard InChI is InChI=1S/C18H28FN5O2S/c1-4-24(5-2)27(25,26)11-10-22-18(20-3)21-9-8-14-13-23-17-7-6-15(19)12-16(14)17/h6-7,12-13,23H,4-5,8-11H2,1-3H3,(H2,20,21,22). The van der Waals surface area contributed by atoms with Crippen molar-refractivity contribution in [3.05, 3.63) is 35.8 Å². The van der Waals surface area contributed by atoms with Gasteiger partial charge in [-0.15, -0.1) is 0 Å². The molecule has 0 aliphatic heterocycles. The summed E-state index contributed by atoms with van der Waals surface area (Å²) < 4.78 is 39.2. The summed E-state index contributed by atoms with van der Waals surface area (Å²) in [6.45, 7) is 5.45. The lowest BCUT2D eigenvalue weighted by Gasteiger charge is -2.19. The van der Waals surface area contributed by atoms with Crippen molar-refractivity contribution in [2.24, 2.45) is 4.99 Å². The summed E-state index contributed by atoms with van der Waals surface area (Å²) >= 11 is 0. The molecule has 27 heavy (non-hydrogen) atoms. The minimum Gasteiger partial charge on any atom is -0.361 e. The van der Waals surface area contributed by atoms with Crippen molar-refractivity contribution in [3.8, 4) is 0 Å². The van der Waals surface area contributed by atoms with E-state index in [1.807, 2.05) is 20.0 Å². The molecule has 0 spiro atoms. The van der Waals surface area contributed by atoms with E-state index in [0.717, 1.165) is 16.5 Å². The summed E-state index contributed by atoms with van der Waals surface area (Å²) in [7, 11) is -1.63. The second kappa shape index (κ2) is 9.70. The molecule has 150 valence electrons. The number of hydrogen-bond acceptors (Lipinski definition) is 3. The van der Waals surface area contributed by atoms with Gasteiger partial charge in [-0.1, -0.05) is 13.8 Å². The third-order valence-corrected chi connectivity index (χ3v) is 6.41. The van der Waals surface area contributed by atoms with Crippen molar-refractivity contribution in [2.45, 2.75) is 20.3 Å². The van der Waals surface area contributed by atoms with Crippen LogP contribution in [-0.4, -0.2) is 62.6 Å². The number of H-pyrrole nitrogens is 1. The normalized spacial score (nSPS) is 12.7. The topological polar surface area (TPSA) is 89.6 Å². The van der Waals surface area contributed by atoms with E-state index in [4.69, 9.17) is 0 Å². The molecular formula is C18H28FN5O2S. The van der Waals surface area contributed by atoms with E-state index in [1.165, 1.54) is 16.4 Å². The molecule has 0 atom stereocenters. The monoisotopic (exact) mass is 397 g/mol. The Morgan fingerprint density at radius 2 is 1.93 bits per heavy atom. The molecule has 7 nitrogen and oxygen atoms in total. The second-order valence-corrected chi connectivity index (χ2v) is 8.17. The van der Waals surface area contributed by atoms with Crippen LogP contribution in [0.15, 0.2) is 29.4 Å². The van der Waals surface area contributed by atoms with Gasteiger partial charge in [0.2, 0.25) is 10.0 Å². The zero-order chi connectivity index (χ0) is 19.9. The van der Waals surface area contributed by atoms with E-state index in [2.05, 4.69) is 20.6 Å². The average molecular weight is 398 g/mol. The Bertz CT molecular complexity index is 875. The van der Waals surface area contributed by atoms with Crippen LogP contribution in [0.1, 0.15) is 19.4 Å². The minimum atomic E-state index is -3.26. The van der Waals surface area contributed by atoms with Crippen LogP contribution >= 0.6 is 0 Å². The number of aliphatic imine (C=N–C) groups is 1. The first-order valence-corrected chi connectivity index (χ1v) is 10.7. The Hall–Kier alpha value is -2.13. The maximum Gasteiger partial charge on any atom is 0.215 e. The zero-order valence-corrected chi connectivity index (χ0v) is 16.9. The molecule has 9 heteroatoms. The predicted octanol–water partition coefficient (Wildman–Crippen LogP) is 1.69. The Morgan fingerprint density at radius 1 is 1.22 bits per heavy atom. The number of guanidine groups is 1. The summed E-state index contributed by atoms with van der Waals surface area (Å²) in [6.07, 6.45) is 2.56. The molecule has 0 bridgehead atoms. The largest absolute Gasteiger partial charge is 0.361 e. The zero-order valence-electron chi connectivity index (χ0n) is 16.0. The van der Waals surface area contributed by atoms with Crippen molar-refractivity contribution in [2.75, 3.05) is 39.0 Å². The van der Waals surface area contributed by atoms with Crippen molar-refractivity contribution >= 4 is 26.9 Å². The van der Waals surface area contributed by atoms with E-state index < -0.39 is 10.0 Å². The number of hydrogen-bond donors (Lipinski definition) is 3. The van der Waals surface area contributed by atoms with E-state index >= 15 is 0 Å². The van der Waals surface area contributed by atoms with Gasteiger partial charge in [-0.25, -0.2) is 17.1 Å². The smallest absolute Gasteiger partial charge is 0.215 e. The van der Waals surface area contributed by atoms with Gasteiger partial charge < -0.3 is 15.6 Å². The van der Waals surface area contributed by atoms with Crippen LogP contribution < -0.4 is 10.6 Å². The Labute approximate surface area is 160 Å². The maximum absolute atomic E-state index is 13.4. The summed E-state index contributed by atoms with van der Waals surface area (Å²) in [5.74, 6) is 0.288. The van der Waals surface area contributed by atoms with E-state index in [-0.39, 0.29) is 18.1 Å². The number of rotatable bonds is 9. The number of benzene rings is 1. The molecule has 3 N–H and O–H groups in total. The third kappa shape index (κ3) is 5.67. The first-order valence-electron chi connectivity index (χ1n) is 9.09. The highest BCUT2D eigenvalue weighted by Gasteiger charge is 2.18. The molecule has 1 aromatic carbocycles. The van der Waals surface area contributed by atoms with Gasteiger partial charge in [0.05, 0.1) is 5.75 Å². The SMILES string of the molecule is CCN(CC)S(=O)(=O)CCNC(=NC)NCCc1c[nH]c2ccc(F)cc12. The Morgan fingerprint density at radius 3 is 2.59 bits per heavy atom. The number of nitrogens with zero attached hydrogens (tertiary/aromatic N) is 2. The first-order chi connectivity index (χ1) is 12.9. The summed E-state index contributed by atoms with van der Waals surface area (Å²) in [5, 5.41) is 7.04. The fourth-order valence-corrected chi connectivity index (χ4v) is 4.34. The minimum absolute atomic E-state index is 0.0110. The van der Waals surface area contributed by atoms with Crippen LogP contribution in [0, 0.1) is 5.82 Å². The van der Waals surface area contributed by atoms with Gasteiger partial charge in [-0.05, 0) is 30.2 Å². The van der Waals surface area contributed by atoms with E-state index in [9.17, 15) is 12.8 Å². The summed E-state index contributed by atoms with van der Waals surface area (Å²) in [5.41, 5.74) is 1.91. The molecule has 0 aliphatic carbocycles. The summed E-state index contributed by atoms with van der Waals surface area (Å²) in [4.78, 5) is 7.23. The highest BCUT2D eigenvalue weighted by Crippen LogP contribution is 2.19. The molecule has 0 saturated carbocycles. The van der Waals surface area contributed by atoms with Gasteiger partial charge in [0.15, 0.2) is 5.96 Å². The fourth-order valence-electron chi connectivity index (χ4n) is 2.94. The molecule has 0 unspecified atom stereocenters. The predicted molar refractivity (Wildman–Crippen MR) is 108 cm³/mol. The van der Waals surface area contributed by atoms with Crippen LogP contribution in [0.25, 0.3) is 10.9 Å². The first kappa shape index (κ1) is 21.2. The number of fused-ring (bicyclic) bond motifs is 1. The molecule has 1 heterocycles. The lowest BCUT2D eigenvalue weighted by molar-refractivity contribution is 0.445. The molecule has 0 saturated heterocycles. The van der Waals surface area contributed by atoms with Crippen molar-refractivity contribution in [3.63, 3.8) is 0 Å².